The predicted octanol–water partition coefficient (Wildman–Crippen LogP) is 3.40. The molecule has 1 aliphatic rings. The van der Waals surface area contributed by atoms with Crippen LogP contribution in [0.15, 0.2) is 42.5 Å². The number of nitrogens with zero attached hydrogens (tertiary/aromatic N) is 2. The normalized spacial score (nSPS) is 14.1. The number of hydrogen-bond donors (Lipinski definition) is 2. The first-order valence-corrected chi connectivity index (χ1v) is 10.9. The standard InChI is InChI=1S/C24H31F3N4O/c1-30(2)14-15-31(17-19-6-3-4-8-21(19)24(25,26)27)23(32)16-29-22-9-5-7-18-10-12-28-13-11-20(18)22/h3-9,28-29H,10-17H2,1-2H3. The Morgan fingerprint density at radius 2 is 1.78 bits per heavy atom. The fourth-order valence-corrected chi connectivity index (χ4v) is 3.93. The molecule has 0 spiro atoms. The Kier molecular flexibility index (Phi) is 8.15. The molecule has 174 valence electrons. The van der Waals surface area contributed by atoms with Gasteiger partial charge in [-0.25, -0.2) is 0 Å². The summed E-state index contributed by atoms with van der Waals surface area (Å²) in [6.07, 6.45) is -2.65. The van der Waals surface area contributed by atoms with E-state index < -0.39 is 11.7 Å². The van der Waals surface area contributed by atoms with E-state index in [0.717, 1.165) is 37.7 Å². The lowest BCUT2D eigenvalue weighted by molar-refractivity contribution is -0.139. The molecule has 2 aromatic rings. The van der Waals surface area contributed by atoms with Gasteiger partial charge in [-0.05, 0) is 68.8 Å². The van der Waals surface area contributed by atoms with Crippen molar-refractivity contribution in [3.63, 3.8) is 0 Å². The maximum atomic E-state index is 13.4. The maximum absolute atomic E-state index is 13.4. The molecule has 0 bridgehead atoms. The summed E-state index contributed by atoms with van der Waals surface area (Å²) in [6, 6.07) is 11.5. The zero-order valence-electron chi connectivity index (χ0n) is 18.6. The molecule has 0 radical (unpaired) electrons. The number of carbonyl (C=O) groups is 1. The van der Waals surface area contributed by atoms with Crippen LogP contribution in [0.25, 0.3) is 0 Å². The van der Waals surface area contributed by atoms with Crippen molar-refractivity contribution in [3.05, 3.63) is 64.7 Å². The summed E-state index contributed by atoms with van der Waals surface area (Å²) >= 11 is 0. The second-order valence-electron chi connectivity index (χ2n) is 8.32. The van der Waals surface area contributed by atoms with Crippen LogP contribution < -0.4 is 10.6 Å². The molecule has 0 aromatic heterocycles. The quantitative estimate of drug-likeness (QED) is 0.650. The lowest BCUT2D eigenvalue weighted by Crippen LogP contribution is -2.39. The fraction of sp³-hybridized carbons (Fsp3) is 0.458. The number of carbonyl (C=O) groups excluding carboxylic acids is 1. The zero-order valence-corrected chi connectivity index (χ0v) is 18.6. The van der Waals surface area contributed by atoms with Crippen molar-refractivity contribution in [2.45, 2.75) is 25.6 Å². The summed E-state index contributed by atoms with van der Waals surface area (Å²) in [4.78, 5) is 16.5. The van der Waals surface area contributed by atoms with Crippen LogP contribution in [-0.4, -0.2) is 62.5 Å². The monoisotopic (exact) mass is 448 g/mol. The highest BCUT2D eigenvalue weighted by Crippen LogP contribution is 2.32. The Morgan fingerprint density at radius 1 is 1.03 bits per heavy atom. The molecule has 2 aromatic carbocycles. The summed E-state index contributed by atoms with van der Waals surface area (Å²) in [5, 5.41) is 6.62. The number of rotatable bonds is 8. The van der Waals surface area contributed by atoms with Gasteiger partial charge in [-0.3, -0.25) is 4.79 Å². The van der Waals surface area contributed by atoms with Crippen molar-refractivity contribution in [2.24, 2.45) is 0 Å². The topological polar surface area (TPSA) is 47.6 Å². The lowest BCUT2D eigenvalue weighted by atomic mass is 10.0. The van der Waals surface area contributed by atoms with Crippen LogP contribution >= 0.6 is 0 Å². The molecule has 8 heteroatoms. The number of hydrogen-bond acceptors (Lipinski definition) is 4. The van der Waals surface area contributed by atoms with Gasteiger partial charge in [0.2, 0.25) is 5.91 Å². The van der Waals surface area contributed by atoms with Gasteiger partial charge in [0.1, 0.15) is 0 Å². The average Bonchev–Trinajstić information content (AvgIpc) is 3.00. The number of amides is 1. The van der Waals surface area contributed by atoms with Gasteiger partial charge in [0.15, 0.2) is 0 Å². The van der Waals surface area contributed by atoms with Crippen LogP contribution in [-0.2, 0) is 30.4 Å². The molecule has 3 rings (SSSR count). The summed E-state index contributed by atoms with van der Waals surface area (Å²) < 4.78 is 40.3. The van der Waals surface area contributed by atoms with Gasteiger partial charge in [0, 0.05) is 25.3 Å². The number of halogens is 3. The number of likely N-dealkylation sites (N-methyl/N-ethyl adjacent to an activating group) is 1. The highest BCUT2D eigenvalue weighted by molar-refractivity contribution is 5.81. The molecule has 32 heavy (non-hydrogen) atoms. The first-order valence-electron chi connectivity index (χ1n) is 10.9. The van der Waals surface area contributed by atoms with Gasteiger partial charge in [-0.1, -0.05) is 30.3 Å². The van der Waals surface area contributed by atoms with E-state index in [9.17, 15) is 18.0 Å². The number of benzene rings is 2. The largest absolute Gasteiger partial charge is 0.416 e. The molecule has 1 aliphatic heterocycles. The third-order valence-electron chi connectivity index (χ3n) is 5.68. The Morgan fingerprint density at radius 3 is 2.53 bits per heavy atom. The van der Waals surface area contributed by atoms with E-state index in [1.807, 2.05) is 31.1 Å². The summed E-state index contributed by atoms with van der Waals surface area (Å²) in [6.45, 7) is 2.66. The Labute approximate surface area is 187 Å². The van der Waals surface area contributed by atoms with Crippen molar-refractivity contribution in [1.82, 2.24) is 15.1 Å². The van der Waals surface area contributed by atoms with Crippen LogP contribution in [0.1, 0.15) is 22.3 Å². The van der Waals surface area contributed by atoms with Gasteiger partial charge in [0.25, 0.3) is 0 Å². The third-order valence-corrected chi connectivity index (χ3v) is 5.68. The van der Waals surface area contributed by atoms with E-state index in [-0.39, 0.29) is 24.6 Å². The lowest BCUT2D eigenvalue weighted by Gasteiger charge is -2.26. The highest BCUT2D eigenvalue weighted by Gasteiger charge is 2.33. The SMILES string of the molecule is CN(C)CCN(Cc1ccccc1C(F)(F)F)C(=O)CNc1cccc2c1CCNCC2. The summed E-state index contributed by atoms with van der Waals surface area (Å²) in [5.74, 6) is -0.229. The molecule has 0 saturated heterocycles. The number of anilines is 1. The smallest absolute Gasteiger partial charge is 0.376 e. The number of nitrogens with one attached hydrogen (secondary N) is 2. The first kappa shape index (κ1) is 24.1. The van der Waals surface area contributed by atoms with E-state index in [1.54, 1.807) is 6.07 Å². The average molecular weight is 449 g/mol. The van der Waals surface area contributed by atoms with Gasteiger partial charge in [-0.2, -0.15) is 13.2 Å². The van der Waals surface area contributed by atoms with Crippen molar-refractivity contribution >= 4 is 11.6 Å². The van der Waals surface area contributed by atoms with Crippen molar-refractivity contribution < 1.29 is 18.0 Å². The molecule has 0 unspecified atom stereocenters. The Bertz CT molecular complexity index is 914. The zero-order chi connectivity index (χ0) is 23.1. The van der Waals surface area contributed by atoms with Gasteiger partial charge in [-0.15, -0.1) is 0 Å². The molecule has 0 fully saturated rings. The van der Waals surface area contributed by atoms with Gasteiger partial charge in [0.05, 0.1) is 12.1 Å². The summed E-state index contributed by atoms with van der Waals surface area (Å²) in [5.41, 5.74) is 2.79. The molecule has 2 N–H and O–H groups in total. The minimum Gasteiger partial charge on any atom is -0.376 e. The van der Waals surface area contributed by atoms with Crippen LogP contribution in [0.3, 0.4) is 0 Å². The number of fused-ring (bicyclic) bond motifs is 1. The minimum absolute atomic E-state index is 0.0332. The van der Waals surface area contributed by atoms with Crippen LogP contribution in [0.5, 0.6) is 0 Å². The van der Waals surface area contributed by atoms with Crippen LogP contribution in [0, 0.1) is 0 Å². The van der Waals surface area contributed by atoms with Crippen molar-refractivity contribution in [3.8, 4) is 0 Å². The fourth-order valence-electron chi connectivity index (χ4n) is 3.93. The van der Waals surface area contributed by atoms with E-state index in [1.165, 1.54) is 28.2 Å². The van der Waals surface area contributed by atoms with Crippen molar-refractivity contribution in [2.75, 3.05) is 52.1 Å². The minimum atomic E-state index is -4.46. The first-order chi connectivity index (χ1) is 15.3. The third kappa shape index (κ3) is 6.46. The van der Waals surface area contributed by atoms with Gasteiger partial charge >= 0.3 is 6.18 Å². The summed E-state index contributed by atoms with van der Waals surface area (Å²) in [7, 11) is 3.75. The Balaban J connectivity index is 1.75. The number of alkyl halides is 3. The Hall–Kier alpha value is -2.58. The molecular formula is C24H31F3N4O. The second-order valence-corrected chi connectivity index (χ2v) is 8.32. The van der Waals surface area contributed by atoms with Crippen LogP contribution in [0.4, 0.5) is 18.9 Å². The predicted molar refractivity (Wildman–Crippen MR) is 121 cm³/mol. The maximum Gasteiger partial charge on any atom is 0.416 e. The highest BCUT2D eigenvalue weighted by atomic mass is 19.4. The molecule has 1 amide bonds. The van der Waals surface area contributed by atoms with E-state index >= 15 is 0 Å². The van der Waals surface area contributed by atoms with E-state index in [2.05, 4.69) is 16.7 Å². The van der Waals surface area contributed by atoms with Crippen LogP contribution in [0.2, 0.25) is 0 Å². The van der Waals surface area contributed by atoms with E-state index in [4.69, 9.17) is 0 Å². The molecular weight excluding hydrogens is 417 g/mol. The molecule has 1 heterocycles. The van der Waals surface area contributed by atoms with E-state index in [0.29, 0.717) is 13.1 Å². The molecule has 5 nitrogen and oxygen atoms in total. The molecule has 0 atom stereocenters. The van der Waals surface area contributed by atoms with Crippen molar-refractivity contribution in [1.29, 1.82) is 0 Å². The van der Waals surface area contributed by atoms with Gasteiger partial charge < -0.3 is 20.4 Å². The molecule has 0 aliphatic carbocycles. The second kappa shape index (κ2) is 10.8. The molecule has 0 saturated carbocycles.